The van der Waals surface area contributed by atoms with Gasteiger partial charge < -0.3 is 15.7 Å². The second-order valence-corrected chi connectivity index (χ2v) is 7.20. The van der Waals surface area contributed by atoms with E-state index in [1.165, 1.54) is 11.8 Å². The molecule has 0 unspecified atom stereocenters. The van der Waals surface area contributed by atoms with Crippen molar-refractivity contribution in [2.75, 3.05) is 18.6 Å². The zero-order valence-electron chi connectivity index (χ0n) is 10.9. The third kappa shape index (κ3) is 4.93. The number of carboxylic acids is 1. The number of hydrogen-bond acceptors (Lipinski definition) is 6. The highest BCUT2D eigenvalue weighted by Crippen LogP contribution is 2.14. The Hall–Kier alpha value is -0.840. The Morgan fingerprint density at radius 2 is 2.15 bits per heavy atom. The molecular formula is C10H18N2O6S2. The minimum Gasteiger partial charge on any atom is -0.480 e. The third-order valence-corrected chi connectivity index (χ3v) is 4.90. The van der Waals surface area contributed by atoms with Crippen molar-refractivity contribution in [3.05, 3.63) is 0 Å². The number of carbonyl (C=O) groups excluding carboxylic acids is 1. The zero-order valence-corrected chi connectivity index (χ0v) is 12.5. The highest BCUT2D eigenvalue weighted by atomic mass is 32.2. The molecule has 1 amide bonds. The van der Waals surface area contributed by atoms with E-state index in [1.807, 2.05) is 6.26 Å². The van der Waals surface area contributed by atoms with Crippen molar-refractivity contribution >= 4 is 33.8 Å². The van der Waals surface area contributed by atoms with Gasteiger partial charge in [0, 0.05) is 6.54 Å². The maximum Gasteiger partial charge on any atom is 0.326 e. The Kier molecular flexibility index (Phi) is 6.24. The average molecular weight is 326 g/mol. The molecule has 8 nitrogen and oxygen atoms in total. The molecule has 0 bridgehead atoms. The van der Waals surface area contributed by atoms with Gasteiger partial charge in [-0.25, -0.2) is 4.79 Å². The van der Waals surface area contributed by atoms with Gasteiger partial charge in [-0.3, -0.25) is 9.35 Å². The van der Waals surface area contributed by atoms with E-state index in [0.717, 1.165) is 0 Å². The van der Waals surface area contributed by atoms with Gasteiger partial charge in [0.05, 0.1) is 6.04 Å². The van der Waals surface area contributed by atoms with Crippen LogP contribution in [0.5, 0.6) is 0 Å². The molecule has 20 heavy (non-hydrogen) atoms. The maximum absolute atomic E-state index is 11.9. The second-order valence-electron chi connectivity index (χ2n) is 4.51. The first kappa shape index (κ1) is 17.2. The SMILES string of the molecule is CSCC[C@H](NC(=O)[C@@H]1C[C@@H](S(=O)(=O)O)CN1)C(=O)O. The normalized spacial score (nSPS) is 24.3. The molecule has 4 N–H and O–H groups in total. The molecule has 10 heteroatoms. The van der Waals surface area contributed by atoms with E-state index in [9.17, 15) is 18.0 Å². The highest BCUT2D eigenvalue weighted by Gasteiger charge is 2.37. The molecule has 0 radical (unpaired) electrons. The van der Waals surface area contributed by atoms with E-state index < -0.39 is 39.3 Å². The first-order chi connectivity index (χ1) is 9.25. The van der Waals surface area contributed by atoms with Gasteiger partial charge in [0.15, 0.2) is 0 Å². The summed E-state index contributed by atoms with van der Waals surface area (Å²) in [5, 5.41) is 13.0. The van der Waals surface area contributed by atoms with Crippen LogP contribution in [0, 0.1) is 0 Å². The molecule has 1 aliphatic heterocycles. The van der Waals surface area contributed by atoms with Gasteiger partial charge in [0.25, 0.3) is 10.1 Å². The monoisotopic (exact) mass is 326 g/mol. The van der Waals surface area contributed by atoms with Gasteiger partial charge in [0.1, 0.15) is 11.3 Å². The quantitative estimate of drug-likeness (QED) is 0.435. The highest BCUT2D eigenvalue weighted by molar-refractivity contribution is 7.98. The molecule has 0 saturated carbocycles. The van der Waals surface area contributed by atoms with E-state index >= 15 is 0 Å². The molecule has 1 saturated heterocycles. The summed E-state index contributed by atoms with van der Waals surface area (Å²) < 4.78 is 30.8. The Balaban J connectivity index is 2.56. The van der Waals surface area contributed by atoms with Crippen LogP contribution in [-0.4, -0.2) is 65.8 Å². The lowest BCUT2D eigenvalue weighted by atomic mass is 10.1. The first-order valence-electron chi connectivity index (χ1n) is 5.97. The van der Waals surface area contributed by atoms with Gasteiger partial charge >= 0.3 is 5.97 Å². The number of rotatable bonds is 7. The Bertz CT molecular complexity index is 466. The lowest BCUT2D eigenvalue weighted by molar-refractivity contribution is -0.142. The van der Waals surface area contributed by atoms with Crippen LogP contribution >= 0.6 is 11.8 Å². The van der Waals surface area contributed by atoms with Crippen molar-refractivity contribution in [2.24, 2.45) is 0 Å². The van der Waals surface area contributed by atoms with Gasteiger partial charge in [0.2, 0.25) is 5.91 Å². The van der Waals surface area contributed by atoms with Gasteiger partial charge in [-0.1, -0.05) is 0 Å². The largest absolute Gasteiger partial charge is 0.480 e. The summed E-state index contributed by atoms with van der Waals surface area (Å²) in [5.41, 5.74) is 0. The van der Waals surface area contributed by atoms with Crippen LogP contribution in [0.3, 0.4) is 0 Å². The smallest absolute Gasteiger partial charge is 0.326 e. The lowest BCUT2D eigenvalue weighted by Crippen LogP contribution is -2.48. The van der Waals surface area contributed by atoms with Crippen LogP contribution in [0.15, 0.2) is 0 Å². The molecule has 0 aromatic heterocycles. The van der Waals surface area contributed by atoms with Crippen molar-refractivity contribution in [1.82, 2.24) is 10.6 Å². The lowest BCUT2D eigenvalue weighted by Gasteiger charge is -2.17. The molecule has 116 valence electrons. The summed E-state index contributed by atoms with van der Waals surface area (Å²) in [6.45, 7) is -0.0283. The number of carboxylic acid groups (broad SMARTS) is 1. The number of carbonyl (C=O) groups is 2. The molecule has 3 atom stereocenters. The molecule has 0 aromatic carbocycles. The van der Waals surface area contributed by atoms with Gasteiger partial charge in [-0.2, -0.15) is 20.2 Å². The number of amides is 1. The molecule has 1 aliphatic rings. The second kappa shape index (κ2) is 7.25. The van der Waals surface area contributed by atoms with Crippen LogP contribution in [0.4, 0.5) is 0 Å². The van der Waals surface area contributed by atoms with Crippen LogP contribution in [0.1, 0.15) is 12.8 Å². The Morgan fingerprint density at radius 1 is 1.50 bits per heavy atom. The van der Waals surface area contributed by atoms with E-state index in [0.29, 0.717) is 5.75 Å². The van der Waals surface area contributed by atoms with E-state index in [4.69, 9.17) is 9.66 Å². The molecule has 1 rings (SSSR count). The Morgan fingerprint density at radius 3 is 2.60 bits per heavy atom. The van der Waals surface area contributed by atoms with E-state index in [2.05, 4.69) is 10.6 Å². The molecule has 0 spiro atoms. The zero-order chi connectivity index (χ0) is 15.3. The minimum atomic E-state index is -4.19. The topological polar surface area (TPSA) is 133 Å². The van der Waals surface area contributed by atoms with Crippen molar-refractivity contribution < 1.29 is 27.7 Å². The fraction of sp³-hybridized carbons (Fsp3) is 0.800. The molecule has 0 aliphatic carbocycles. The van der Waals surface area contributed by atoms with Crippen molar-refractivity contribution in [1.29, 1.82) is 0 Å². The first-order valence-corrected chi connectivity index (χ1v) is 8.87. The number of nitrogens with one attached hydrogen (secondary N) is 2. The molecule has 0 aromatic rings. The van der Waals surface area contributed by atoms with Crippen LogP contribution in [0.25, 0.3) is 0 Å². The summed E-state index contributed by atoms with van der Waals surface area (Å²) in [5.74, 6) is -1.11. The van der Waals surface area contributed by atoms with Gasteiger partial charge in [-0.05, 0) is 24.9 Å². The summed E-state index contributed by atoms with van der Waals surface area (Å²) in [6, 6.07) is -1.81. The molecule has 1 fully saturated rings. The van der Waals surface area contributed by atoms with Crippen LogP contribution in [0.2, 0.25) is 0 Å². The number of aliphatic carboxylic acids is 1. The number of thioether (sulfide) groups is 1. The van der Waals surface area contributed by atoms with E-state index in [1.54, 1.807) is 0 Å². The summed E-state index contributed by atoms with van der Waals surface area (Å²) in [7, 11) is -4.19. The fourth-order valence-corrected chi connectivity index (χ4v) is 3.11. The van der Waals surface area contributed by atoms with E-state index in [-0.39, 0.29) is 19.4 Å². The predicted octanol–water partition coefficient (Wildman–Crippen LogP) is -1.07. The fourth-order valence-electron chi connectivity index (χ4n) is 1.90. The summed E-state index contributed by atoms with van der Waals surface area (Å²) >= 11 is 1.47. The average Bonchev–Trinajstić information content (AvgIpc) is 2.83. The third-order valence-electron chi connectivity index (χ3n) is 3.05. The Labute approximate surface area is 121 Å². The predicted molar refractivity (Wildman–Crippen MR) is 74.3 cm³/mol. The van der Waals surface area contributed by atoms with Crippen LogP contribution < -0.4 is 10.6 Å². The van der Waals surface area contributed by atoms with Crippen molar-refractivity contribution in [3.63, 3.8) is 0 Å². The standard InChI is InChI=1S/C10H18N2O6S2/c1-19-3-2-7(10(14)15)12-9(13)8-4-6(5-11-8)20(16,17)18/h6-8,11H,2-5H2,1H3,(H,12,13)(H,14,15)(H,16,17,18)/t6-,7+,8+/m1/s1. The van der Waals surface area contributed by atoms with Gasteiger partial charge in [-0.15, -0.1) is 0 Å². The maximum atomic E-state index is 11.9. The van der Waals surface area contributed by atoms with Crippen molar-refractivity contribution in [3.8, 4) is 0 Å². The number of hydrogen-bond donors (Lipinski definition) is 4. The molecular weight excluding hydrogens is 308 g/mol. The summed E-state index contributed by atoms with van der Waals surface area (Å²) in [4.78, 5) is 22.9. The molecule has 1 heterocycles. The summed E-state index contributed by atoms with van der Waals surface area (Å²) in [6.07, 6.45) is 2.05. The van der Waals surface area contributed by atoms with Crippen molar-refractivity contribution in [2.45, 2.75) is 30.2 Å². The van der Waals surface area contributed by atoms with Crippen LogP contribution in [-0.2, 0) is 19.7 Å². The minimum absolute atomic E-state index is 0.0283.